The predicted molar refractivity (Wildman–Crippen MR) is 74.9 cm³/mol. The van der Waals surface area contributed by atoms with Gasteiger partial charge in [-0.15, -0.1) is 12.6 Å². The minimum absolute atomic E-state index is 0.772. The Bertz CT molecular complexity index is 459. The van der Waals surface area contributed by atoms with Crippen LogP contribution in [0.3, 0.4) is 0 Å². The average molecular weight is 244 g/mol. The molecule has 1 nitrogen and oxygen atoms in total. The highest BCUT2D eigenvalue weighted by atomic mass is 32.1. The fourth-order valence-electron chi connectivity index (χ4n) is 1.62. The Morgan fingerprint density at radius 3 is 1.94 bits per heavy atom. The third kappa shape index (κ3) is 3.27. The highest BCUT2D eigenvalue weighted by Gasteiger charge is 1.98. The maximum atomic E-state index is 5.55. The molecule has 0 saturated heterocycles. The molecule has 0 fully saturated rings. The molecule has 0 aromatic heterocycles. The van der Waals surface area contributed by atoms with Crippen LogP contribution in [0.2, 0.25) is 0 Å². The summed E-state index contributed by atoms with van der Waals surface area (Å²) in [5.74, 6) is 0.932. The van der Waals surface area contributed by atoms with Gasteiger partial charge in [-0.2, -0.15) is 0 Å². The van der Waals surface area contributed by atoms with Crippen LogP contribution in [0.4, 0.5) is 0 Å². The van der Waals surface area contributed by atoms with E-state index in [1.165, 1.54) is 11.1 Å². The number of rotatable bonds is 4. The number of benzene rings is 2. The van der Waals surface area contributed by atoms with Crippen LogP contribution >= 0.6 is 12.6 Å². The summed E-state index contributed by atoms with van der Waals surface area (Å²) in [5.41, 5.74) is 2.40. The van der Waals surface area contributed by atoms with Gasteiger partial charge in [0.1, 0.15) is 5.75 Å². The predicted octanol–water partition coefficient (Wildman–Crippen LogP) is 4.43. The Labute approximate surface area is 108 Å². The molecule has 0 aliphatic heterocycles. The van der Waals surface area contributed by atoms with Gasteiger partial charge in [-0.3, -0.25) is 0 Å². The Morgan fingerprint density at radius 1 is 0.882 bits per heavy atom. The zero-order valence-electron chi connectivity index (χ0n) is 9.89. The van der Waals surface area contributed by atoms with Gasteiger partial charge < -0.3 is 4.74 Å². The summed E-state index contributed by atoms with van der Waals surface area (Å²) in [6.45, 7) is 2.88. The molecule has 0 aliphatic carbocycles. The van der Waals surface area contributed by atoms with Crippen molar-refractivity contribution in [3.63, 3.8) is 0 Å². The first-order valence-electron chi connectivity index (χ1n) is 5.82. The Kier molecular flexibility index (Phi) is 4.10. The molecule has 0 spiro atoms. The standard InChI is InChI=1S/C15H16OS/c1-2-11-16-14-7-3-12(4-8-14)13-5-9-15(17)10-6-13/h3-10,17H,2,11H2,1H3. The lowest BCUT2D eigenvalue weighted by atomic mass is 10.1. The maximum Gasteiger partial charge on any atom is 0.119 e. The van der Waals surface area contributed by atoms with Crippen LogP contribution in [-0.4, -0.2) is 6.61 Å². The van der Waals surface area contributed by atoms with E-state index in [0.29, 0.717) is 0 Å². The third-order valence-corrected chi connectivity index (χ3v) is 2.83. The van der Waals surface area contributed by atoms with Gasteiger partial charge in [-0.25, -0.2) is 0 Å². The Morgan fingerprint density at radius 2 is 1.41 bits per heavy atom. The molecule has 2 aromatic carbocycles. The molecule has 0 heterocycles. The smallest absolute Gasteiger partial charge is 0.119 e. The molecule has 2 rings (SSSR count). The van der Waals surface area contributed by atoms with Crippen LogP contribution in [0.15, 0.2) is 53.4 Å². The van der Waals surface area contributed by atoms with E-state index in [1.54, 1.807) is 0 Å². The van der Waals surface area contributed by atoms with E-state index >= 15 is 0 Å². The molecular weight excluding hydrogens is 228 g/mol. The topological polar surface area (TPSA) is 9.23 Å². The third-order valence-electron chi connectivity index (χ3n) is 2.53. The van der Waals surface area contributed by atoms with E-state index in [2.05, 4.69) is 43.8 Å². The molecule has 0 unspecified atom stereocenters. The molecule has 2 heteroatoms. The van der Waals surface area contributed by atoms with E-state index < -0.39 is 0 Å². The fraction of sp³-hybridized carbons (Fsp3) is 0.200. The van der Waals surface area contributed by atoms with Gasteiger partial charge in [0.15, 0.2) is 0 Å². The first-order chi connectivity index (χ1) is 8.29. The Hall–Kier alpha value is -1.41. The van der Waals surface area contributed by atoms with Gasteiger partial charge in [0, 0.05) is 4.90 Å². The number of hydrogen-bond donors (Lipinski definition) is 1. The van der Waals surface area contributed by atoms with Crippen molar-refractivity contribution in [3.8, 4) is 16.9 Å². The summed E-state index contributed by atoms with van der Waals surface area (Å²) < 4.78 is 5.55. The summed E-state index contributed by atoms with van der Waals surface area (Å²) in [6.07, 6.45) is 1.03. The van der Waals surface area contributed by atoms with Gasteiger partial charge in [0.25, 0.3) is 0 Å². The number of ether oxygens (including phenoxy) is 1. The van der Waals surface area contributed by atoms with E-state index in [0.717, 1.165) is 23.7 Å². The summed E-state index contributed by atoms with van der Waals surface area (Å²) in [4.78, 5) is 0.983. The van der Waals surface area contributed by atoms with Crippen LogP contribution in [0, 0.1) is 0 Å². The van der Waals surface area contributed by atoms with E-state index in [1.807, 2.05) is 24.3 Å². The van der Waals surface area contributed by atoms with Crippen molar-refractivity contribution in [2.45, 2.75) is 18.2 Å². The van der Waals surface area contributed by atoms with Crippen molar-refractivity contribution < 1.29 is 4.74 Å². The molecule has 0 amide bonds. The SMILES string of the molecule is CCCOc1ccc(-c2ccc(S)cc2)cc1. The molecule has 88 valence electrons. The molecule has 2 aromatic rings. The molecule has 0 saturated carbocycles. The quantitative estimate of drug-likeness (QED) is 0.783. The first-order valence-corrected chi connectivity index (χ1v) is 6.26. The summed E-state index contributed by atoms with van der Waals surface area (Å²) in [6, 6.07) is 16.3. The van der Waals surface area contributed by atoms with Crippen LogP contribution < -0.4 is 4.74 Å². The van der Waals surface area contributed by atoms with Crippen molar-refractivity contribution in [2.75, 3.05) is 6.61 Å². The van der Waals surface area contributed by atoms with E-state index in [9.17, 15) is 0 Å². The first kappa shape index (κ1) is 12.1. The van der Waals surface area contributed by atoms with Gasteiger partial charge in [-0.05, 0) is 41.8 Å². The minimum Gasteiger partial charge on any atom is -0.494 e. The number of hydrogen-bond acceptors (Lipinski definition) is 2. The molecule has 17 heavy (non-hydrogen) atoms. The second-order valence-electron chi connectivity index (χ2n) is 3.92. The van der Waals surface area contributed by atoms with E-state index in [4.69, 9.17) is 4.74 Å². The lowest BCUT2D eigenvalue weighted by Gasteiger charge is -2.06. The lowest BCUT2D eigenvalue weighted by molar-refractivity contribution is 0.317. The van der Waals surface area contributed by atoms with Crippen molar-refractivity contribution in [1.82, 2.24) is 0 Å². The van der Waals surface area contributed by atoms with Crippen LogP contribution in [-0.2, 0) is 0 Å². The van der Waals surface area contributed by atoms with Gasteiger partial charge in [-0.1, -0.05) is 31.2 Å². The Balaban J connectivity index is 2.14. The van der Waals surface area contributed by atoms with Crippen molar-refractivity contribution in [1.29, 1.82) is 0 Å². The van der Waals surface area contributed by atoms with Crippen molar-refractivity contribution >= 4 is 12.6 Å². The van der Waals surface area contributed by atoms with Crippen molar-refractivity contribution in [3.05, 3.63) is 48.5 Å². The minimum atomic E-state index is 0.772. The van der Waals surface area contributed by atoms with Crippen LogP contribution in [0.25, 0.3) is 11.1 Å². The highest BCUT2D eigenvalue weighted by Crippen LogP contribution is 2.23. The fourth-order valence-corrected chi connectivity index (χ4v) is 1.77. The molecule has 0 N–H and O–H groups in total. The average Bonchev–Trinajstić information content (AvgIpc) is 2.38. The van der Waals surface area contributed by atoms with Gasteiger partial charge >= 0.3 is 0 Å². The monoisotopic (exact) mass is 244 g/mol. The van der Waals surface area contributed by atoms with Crippen molar-refractivity contribution in [2.24, 2.45) is 0 Å². The van der Waals surface area contributed by atoms with Gasteiger partial charge in [0.05, 0.1) is 6.61 Å². The summed E-state index contributed by atoms with van der Waals surface area (Å²) in [5, 5.41) is 0. The molecular formula is C15H16OS. The van der Waals surface area contributed by atoms with Gasteiger partial charge in [0.2, 0.25) is 0 Å². The van der Waals surface area contributed by atoms with E-state index in [-0.39, 0.29) is 0 Å². The second-order valence-corrected chi connectivity index (χ2v) is 4.44. The molecule has 0 aliphatic rings. The molecule has 0 bridgehead atoms. The molecule has 0 radical (unpaired) electrons. The highest BCUT2D eigenvalue weighted by molar-refractivity contribution is 7.80. The summed E-state index contributed by atoms with van der Waals surface area (Å²) in [7, 11) is 0. The lowest BCUT2D eigenvalue weighted by Crippen LogP contribution is -1.94. The second kappa shape index (κ2) is 5.78. The van der Waals surface area contributed by atoms with Crippen LogP contribution in [0.1, 0.15) is 13.3 Å². The zero-order valence-corrected chi connectivity index (χ0v) is 10.8. The maximum absolute atomic E-state index is 5.55. The largest absolute Gasteiger partial charge is 0.494 e. The van der Waals surface area contributed by atoms with Crippen LogP contribution in [0.5, 0.6) is 5.75 Å². The summed E-state index contributed by atoms with van der Waals surface area (Å²) >= 11 is 4.28. The normalized spacial score (nSPS) is 10.2. The number of thiol groups is 1. The molecule has 0 atom stereocenters. The zero-order chi connectivity index (χ0) is 12.1.